The number of nitrogens with zero attached hydrogens (tertiary/aromatic N) is 2. The SMILES string of the molecule is CC(=O)/C=C(/C)O.CC(C)(C)c1cc(-c2nccc3ccccc23)[c-]c2ccccc12.CC(C)(C)c1cc(-c2nccc3ccccc23)[c-]c2ccccc12.[Ir]. The van der Waals surface area contributed by atoms with Gasteiger partial charge >= 0.3 is 0 Å². The second-order valence-corrected chi connectivity index (χ2v) is 15.9. The van der Waals surface area contributed by atoms with Gasteiger partial charge in [-0.25, -0.2) is 0 Å². The molecule has 0 atom stereocenters. The first-order valence-corrected chi connectivity index (χ1v) is 18.7. The van der Waals surface area contributed by atoms with Crippen molar-refractivity contribution in [2.24, 2.45) is 0 Å². The smallest absolute Gasteiger partial charge is 0.155 e. The van der Waals surface area contributed by atoms with E-state index in [2.05, 4.69) is 185 Å². The number of pyridine rings is 2. The van der Waals surface area contributed by atoms with E-state index in [1.807, 2.05) is 12.4 Å². The standard InChI is InChI=1S/2C23H20N.C5H8O2.Ir/c2*1-23(2,3)21-15-18(14-17-9-5-6-10-19(17)21)22-20-11-7-4-8-16(20)12-13-24-22;1-4(6)3-5(2)7;/h2*4-13,15H,1-3H3;3,6H,1-2H3;/q2*-1;;/b;;4-3-;. The molecule has 6 aromatic carbocycles. The number of aliphatic hydroxyl groups is 1. The Hall–Kier alpha value is -5.48. The van der Waals surface area contributed by atoms with Gasteiger partial charge in [0, 0.05) is 50.0 Å². The topological polar surface area (TPSA) is 63.1 Å². The second kappa shape index (κ2) is 17.5. The van der Waals surface area contributed by atoms with Gasteiger partial charge in [-0.05, 0) is 58.4 Å². The zero-order valence-corrected chi connectivity index (χ0v) is 35.8. The zero-order chi connectivity index (χ0) is 39.3. The van der Waals surface area contributed by atoms with E-state index in [4.69, 9.17) is 5.11 Å². The third-order valence-electron chi connectivity index (χ3n) is 9.44. The van der Waals surface area contributed by atoms with Gasteiger partial charge in [0.15, 0.2) is 5.78 Å². The number of ketones is 1. The Bertz CT molecular complexity index is 2490. The minimum atomic E-state index is -0.125. The fourth-order valence-electron chi connectivity index (χ4n) is 6.92. The molecule has 1 N–H and O–H groups in total. The molecule has 1 radical (unpaired) electrons. The van der Waals surface area contributed by atoms with Gasteiger partial charge in [0.25, 0.3) is 0 Å². The Balaban J connectivity index is 0.000000181. The number of carbonyl (C=O) groups is 1. The molecular weight excluding hydrogens is 865 g/mol. The molecule has 2 heterocycles. The summed E-state index contributed by atoms with van der Waals surface area (Å²) in [7, 11) is 0. The monoisotopic (exact) mass is 913 g/mol. The summed E-state index contributed by atoms with van der Waals surface area (Å²) in [5.41, 5.74) is 6.94. The average Bonchev–Trinajstić information content (AvgIpc) is 3.16. The number of aliphatic hydroxyl groups excluding tert-OH is 1. The van der Waals surface area contributed by atoms with Crippen LogP contribution < -0.4 is 0 Å². The van der Waals surface area contributed by atoms with Gasteiger partial charge in [0.2, 0.25) is 0 Å². The van der Waals surface area contributed by atoms with Crippen molar-refractivity contribution in [2.75, 3.05) is 0 Å². The second-order valence-electron chi connectivity index (χ2n) is 15.9. The van der Waals surface area contributed by atoms with Crippen molar-refractivity contribution < 1.29 is 30.0 Å². The fourth-order valence-corrected chi connectivity index (χ4v) is 6.92. The molecule has 2 aromatic heterocycles. The van der Waals surface area contributed by atoms with E-state index in [1.54, 1.807) is 0 Å². The van der Waals surface area contributed by atoms with E-state index < -0.39 is 0 Å². The fraction of sp³-hybridized carbons (Fsp3) is 0.196. The van der Waals surface area contributed by atoms with Gasteiger partial charge in [-0.15, -0.1) is 58.3 Å². The number of benzene rings is 6. The predicted molar refractivity (Wildman–Crippen MR) is 232 cm³/mol. The predicted octanol–water partition coefficient (Wildman–Crippen LogP) is 13.3. The van der Waals surface area contributed by atoms with Crippen molar-refractivity contribution in [1.29, 1.82) is 0 Å². The maximum absolute atomic E-state index is 10.0. The molecule has 0 spiro atoms. The Morgan fingerprint density at radius 3 is 1.25 bits per heavy atom. The Kier molecular flexibility index (Phi) is 13.1. The molecule has 0 fully saturated rings. The van der Waals surface area contributed by atoms with E-state index >= 15 is 0 Å². The van der Waals surface area contributed by atoms with Crippen LogP contribution in [0.4, 0.5) is 0 Å². The molecule has 0 unspecified atom stereocenters. The van der Waals surface area contributed by atoms with E-state index in [9.17, 15) is 4.79 Å². The summed E-state index contributed by atoms with van der Waals surface area (Å²) >= 11 is 0. The molecule has 4 nitrogen and oxygen atoms in total. The molecule has 8 rings (SSSR count). The number of hydrogen-bond donors (Lipinski definition) is 1. The molecule has 0 aliphatic heterocycles. The van der Waals surface area contributed by atoms with Crippen LogP contribution in [-0.4, -0.2) is 20.9 Å². The summed E-state index contributed by atoms with van der Waals surface area (Å²) in [6.45, 7) is 16.4. The van der Waals surface area contributed by atoms with Crippen molar-refractivity contribution in [1.82, 2.24) is 9.97 Å². The summed E-state index contributed by atoms with van der Waals surface area (Å²) < 4.78 is 0. The summed E-state index contributed by atoms with van der Waals surface area (Å²) in [6.07, 6.45) is 4.94. The minimum absolute atomic E-state index is 0. The molecule has 285 valence electrons. The first kappa shape index (κ1) is 41.7. The molecule has 0 aliphatic carbocycles. The molecule has 0 bridgehead atoms. The normalized spacial score (nSPS) is 11.7. The Morgan fingerprint density at radius 2 is 0.911 bits per heavy atom. The number of carbonyl (C=O) groups excluding carboxylic acids is 1. The molecule has 0 saturated carbocycles. The summed E-state index contributed by atoms with van der Waals surface area (Å²) in [6, 6.07) is 49.6. The molecule has 0 saturated heterocycles. The zero-order valence-electron chi connectivity index (χ0n) is 33.4. The molecule has 5 heteroatoms. The average molecular weight is 913 g/mol. The number of rotatable bonds is 3. The molecular formula is C51H48IrN2O2-2. The maximum Gasteiger partial charge on any atom is 0.155 e. The number of allylic oxidation sites excluding steroid dienone is 2. The van der Waals surface area contributed by atoms with Crippen LogP contribution in [0.3, 0.4) is 0 Å². The van der Waals surface area contributed by atoms with E-state index in [1.165, 1.54) is 63.4 Å². The van der Waals surface area contributed by atoms with Gasteiger partial charge in [0.1, 0.15) is 0 Å². The Labute approximate surface area is 344 Å². The molecule has 8 aromatic rings. The third kappa shape index (κ3) is 9.66. The van der Waals surface area contributed by atoms with E-state index in [0.29, 0.717) is 0 Å². The van der Waals surface area contributed by atoms with Crippen LogP contribution in [0.5, 0.6) is 0 Å². The minimum Gasteiger partial charge on any atom is -0.512 e. The first-order chi connectivity index (χ1) is 26.2. The third-order valence-corrected chi connectivity index (χ3v) is 9.44. The molecule has 0 amide bonds. The maximum atomic E-state index is 10.0. The van der Waals surface area contributed by atoms with Crippen molar-refractivity contribution in [3.05, 3.63) is 169 Å². The first-order valence-electron chi connectivity index (χ1n) is 18.7. The van der Waals surface area contributed by atoms with Gasteiger partial charge in [-0.2, -0.15) is 0 Å². The van der Waals surface area contributed by atoms with Crippen molar-refractivity contribution >= 4 is 48.9 Å². The van der Waals surface area contributed by atoms with E-state index in [0.717, 1.165) is 33.3 Å². The largest absolute Gasteiger partial charge is 0.512 e. The van der Waals surface area contributed by atoms with Gasteiger partial charge < -0.3 is 5.11 Å². The number of hydrogen-bond acceptors (Lipinski definition) is 4. The van der Waals surface area contributed by atoms with Crippen LogP contribution in [0.1, 0.15) is 66.5 Å². The molecule has 0 aliphatic rings. The molecule has 56 heavy (non-hydrogen) atoms. The number of aromatic nitrogens is 2. The summed E-state index contributed by atoms with van der Waals surface area (Å²) in [4.78, 5) is 19.4. The number of fused-ring (bicyclic) bond motifs is 4. The van der Waals surface area contributed by atoms with Crippen molar-refractivity contribution in [3.8, 4) is 22.5 Å². The van der Waals surface area contributed by atoms with Crippen molar-refractivity contribution in [3.63, 3.8) is 0 Å². The Morgan fingerprint density at radius 1 is 0.554 bits per heavy atom. The van der Waals surface area contributed by atoms with Gasteiger partial charge in [-0.1, -0.05) is 148 Å². The van der Waals surface area contributed by atoms with E-state index in [-0.39, 0.29) is 42.5 Å². The van der Waals surface area contributed by atoms with Crippen LogP contribution in [0.15, 0.2) is 146 Å². The van der Waals surface area contributed by atoms with Crippen molar-refractivity contribution in [2.45, 2.75) is 66.2 Å². The van der Waals surface area contributed by atoms with Gasteiger partial charge in [0.05, 0.1) is 5.76 Å². The summed E-state index contributed by atoms with van der Waals surface area (Å²) in [5.74, 6) is -0.0625. The van der Waals surface area contributed by atoms with Gasteiger partial charge in [-0.3, -0.25) is 14.8 Å². The van der Waals surface area contributed by atoms with Crippen LogP contribution >= 0.6 is 0 Å². The summed E-state index contributed by atoms with van der Waals surface area (Å²) in [5, 5.41) is 18.0. The van der Waals surface area contributed by atoms with Crippen LogP contribution in [0.2, 0.25) is 0 Å². The van der Waals surface area contributed by atoms with Crippen LogP contribution in [0, 0.1) is 12.1 Å². The van der Waals surface area contributed by atoms with Crippen LogP contribution in [-0.2, 0) is 35.7 Å². The van der Waals surface area contributed by atoms with Crippen LogP contribution in [0.25, 0.3) is 65.6 Å². The quantitative estimate of drug-likeness (QED) is 0.109.